The monoisotopic (exact) mass is 371 g/mol. The van der Waals surface area contributed by atoms with Crippen molar-refractivity contribution in [2.24, 2.45) is 0 Å². The topological polar surface area (TPSA) is 61.4 Å². The quantitative estimate of drug-likeness (QED) is 0.829. The first-order valence-corrected chi connectivity index (χ1v) is 9.14. The lowest BCUT2D eigenvalue weighted by atomic mass is 10.1. The van der Waals surface area contributed by atoms with E-state index >= 15 is 0 Å². The van der Waals surface area contributed by atoms with Gasteiger partial charge >= 0.3 is 0 Å². The van der Waals surface area contributed by atoms with Crippen molar-refractivity contribution in [3.8, 4) is 0 Å². The minimum atomic E-state index is -0.238. The van der Waals surface area contributed by atoms with Gasteiger partial charge in [0.05, 0.1) is 11.4 Å². The summed E-state index contributed by atoms with van der Waals surface area (Å²) in [7, 11) is 0. The SMILES string of the molecule is CC(=O)Nc1cccc(C(=O)Nc2cc(Cl)ccc2N2CCCCC2)c1. The molecule has 6 heteroatoms. The van der Waals surface area contributed by atoms with E-state index < -0.39 is 0 Å². The number of piperidine rings is 1. The number of carbonyl (C=O) groups excluding carboxylic acids is 2. The summed E-state index contributed by atoms with van der Waals surface area (Å²) in [6.07, 6.45) is 3.53. The third kappa shape index (κ3) is 4.55. The molecule has 0 atom stereocenters. The zero-order valence-electron chi connectivity index (χ0n) is 14.7. The first-order valence-electron chi connectivity index (χ1n) is 8.76. The lowest BCUT2D eigenvalue weighted by Gasteiger charge is -2.30. The number of hydrogen-bond acceptors (Lipinski definition) is 3. The van der Waals surface area contributed by atoms with Crippen LogP contribution in [-0.2, 0) is 4.79 Å². The van der Waals surface area contributed by atoms with Gasteiger partial charge < -0.3 is 15.5 Å². The van der Waals surface area contributed by atoms with Crippen molar-refractivity contribution >= 4 is 40.5 Å². The van der Waals surface area contributed by atoms with Gasteiger partial charge in [-0.15, -0.1) is 0 Å². The number of nitrogens with zero attached hydrogens (tertiary/aromatic N) is 1. The second-order valence-corrected chi connectivity index (χ2v) is 6.86. The molecule has 2 amide bonds. The lowest BCUT2D eigenvalue weighted by Crippen LogP contribution is -2.30. The Morgan fingerprint density at radius 3 is 2.50 bits per heavy atom. The first-order chi connectivity index (χ1) is 12.5. The number of benzene rings is 2. The molecule has 2 aromatic rings. The number of halogens is 1. The molecular weight excluding hydrogens is 350 g/mol. The zero-order chi connectivity index (χ0) is 18.5. The molecule has 136 valence electrons. The van der Waals surface area contributed by atoms with Crippen molar-refractivity contribution in [2.45, 2.75) is 26.2 Å². The van der Waals surface area contributed by atoms with Gasteiger partial charge in [0.2, 0.25) is 5.91 Å². The summed E-state index contributed by atoms with van der Waals surface area (Å²) in [6.45, 7) is 3.38. The van der Waals surface area contributed by atoms with Gasteiger partial charge in [-0.3, -0.25) is 9.59 Å². The molecule has 0 saturated carbocycles. The fourth-order valence-corrected chi connectivity index (χ4v) is 3.33. The molecule has 0 unspecified atom stereocenters. The van der Waals surface area contributed by atoms with E-state index in [0.29, 0.717) is 22.0 Å². The highest BCUT2D eigenvalue weighted by molar-refractivity contribution is 6.31. The summed E-state index contributed by atoms with van der Waals surface area (Å²) in [5, 5.41) is 6.23. The van der Waals surface area contributed by atoms with Crippen molar-refractivity contribution in [1.82, 2.24) is 0 Å². The summed E-state index contributed by atoms with van der Waals surface area (Å²) in [5.41, 5.74) is 2.75. The Hall–Kier alpha value is -2.53. The third-order valence-electron chi connectivity index (χ3n) is 4.35. The Labute approximate surface area is 158 Å². The van der Waals surface area contributed by atoms with E-state index in [1.54, 1.807) is 30.3 Å². The van der Waals surface area contributed by atoms with Gasteiger partial charge in [-0.2, -0.15) is 0 Å². The van der Waals surface area contributed by atoms with E-state index in [0.717, 1.165) is 31.6 Å². The van der Waals surface area contributed by atoms with E-state index in [-0.39, 0.29) is 11.8 Å². The normalized spacial score (nSPS) is 14.0. The van der Waals surface area contributed by atoms with Crippen LogP contribution in [0.4, 0.5) is 17.1 Å². The summed E-state index contributed by atoms with van der Waals surface area (Å²) >= 11 is 6.15. The van der Waals surface area contributed by atoms with Gasteiger partial charge in [0.1, 0.15) is 0 Å². The van der Waals surface area contributed by atoms with Crippen LogP contribution in [0.25, 0.3) is 0 Å². The summed E-state index contributed by atoms with van der Waals surface area (Å²) in [4.78, 5) is 26.2. The fraction of sp³-hybridized carbons (Fsp3) is 0.300. The van der Waals surface area contributed by atoms with Crippen LogP contribution >= 0.6 is 11.6 Å². The molecule has 0 bridgehead atoms. The lowest BCUT2D eigenvalue weighted by molar-refractivity contribution is -0.114. The molecule has 2 N–H and O–H groups in total. The molecule has 1 aliphatic heterocycles. The number of hydrogen-bond donors (Lipinski definition) is 2. The van der Waals surface area contributed by atoms with E-state index in [1.165, 1.54) is 13.3 Å². The number of anilines is 3. The Balaban J connectivity index is 1.82. The van der Waals surface area contributed by atoms with E-state index in [2.05, 4.69) is 15.5 Å². The molecule has 1 aliphatic rings. The average molecular weight is 372 g/mol. The molecule has 0 spiro atoms. The van der Waals surface area contributed by atoms with Gasteiger partial charge in [-0.05, 0) is 55.7 Å². The Kier molecular flexibility index (Phi) is 5.78. The van der Waals surface area contributed by atoms with Crippen LogP contribution in [0, 0.1) is 0 Å². The molecule has 5 nitrogen and oxygen atoms in total. The van der Waals surface area contributed by atoms with Crippen molar-refractivity contribution in [2.75, 3.05) is 28.6 Å². The molecule has 0 radical (unpaired) electrons. The average Bonchev–Trinajstić information content (AvgIpc) is 2.62. The minimum absolute atomic E-state index is 0.176. The van der Waals surface area contributed by atoms with Crippen molar-refractivity contribution < 1.29 is 9.59 Å². The molecule has 1 saturated heterocycles. The van der Waals surface area contributed by atoms with E-state index in [1.807, 2.05) is 12.1 Å². The highest BCUT2D eigenvalue weighted by Gasteiger charge is 2.17. The predicted molar refractivity (Wildman–Crippen MR) is 106 cm³/mol. The van der Waals surface area contributed by atoms with Gasteiger partial charge in [0.25, 0.3) is 5.91 Å². The molecular formula is C20H22ClN3O2. The van der Waals surface area contributed by atoms with Crippen molar-refractivity contribution in [1.29, 1.82) is 0 Å². The van der Waals surface area contributed by atoms with Crippen LogP contribution in [0.15, 0.2) is 42.5 Å². The molecule has 2 aromatic carbocycles. The highest BCUT2D eigenvalue weighted by atomic mass is 35.5. The maximum absolute atomic E-state index is 12.7. The van der Waals surface area contributed by atoms with Crippen LogP contribution in [0.5, 0.6) is 0 Å². The predicted octanol–water partition coefficient (Wildman–Crippen LogP) is 4.54. The number of rotatable bonds is 4. The molecule has 1 heterocycles. The summed E-state index contributed by atoms with van der Waals surface area (Å²) in [5.74, 6) is -0.414. The van der Waals surface area contributed by atoms with Crippen molar-refractivity contribution in [3.63, 3.8) is 0 Å². The molecule has 0 aliphatic carbocycles. The first kappa shape index (κ1) is 18.3. The second-order valence-electron chi connectivity index (χ2n) is 6.43. The highest BCUT2D eigenvalue weighted by Crippen LogP contribution is 2.31. The minimum Gasteiger partial charge on any atom is -0.370 e. The third-order valence-corrected chi connectivity index (χ3v) is 4.58. The molecule has 3 rings (SSSR count). The van der Waals surface area contributed by atoms with Gasteiger partial charge in [-0.1, -0.05) is 17.7 Å². The van der Waals surface area contributed by atoms with E-state index in [9.17, 15) is 9.59 Å². The molecule has 26 heavy (non-hydrogen) atoms. The maximum Gasteiger partial charge on any atom is 0.255 e. The second kappa shape index (κ2) is 8.23. The van der Waals surface area contributed by atoms with E-state index in [4.69, 9.17) is 11.6 Å². The Morgan fingerprint density at radius 2 is 1.77 bits per heavy atom. The summed E-state index contributed by atoms with van der Waals surface area (Å²) in [6, 6.07) is 12.4. The maximum atomic E-state index is 12.7. The smallest absolute Gasteiger partial charge is 0.255 e. The Morgan fingerprint density at radius 1 is 1.00 bits per heavy atom. The number of amides is 2. The van der Waals surface area contributed by atoms with Gasteiger partial charge in [-0.25, -0.2) is 0 Å². The fourth-order valence-electron chi connectivity index (χ4n) is 3.15. The number of carbonyl (C=O) groups is 2. The summed E-state index contributed by atoms with van der Waals surface area (Å²) < 4.78 is 0. The van der Waals surface area contributed by atoms with Crippen LogP contribution in [0.1, 0.15) is 36.5 Å². The van der Waals surface area contributed by atoms with Gasteiger partial charge in [0, 0.05) is 36.3 Å². The zero-order valence-corrected chi connectivity index (χ0v) is 15.5. The molecule has 1 fully saturated rings. The molecule has 0 aromatic heterocycles. The van der Waals surface area contributed by atoms with Crippen molar-refractivity contribution in [3.05, 3.63) is 53.1 Å². The standard InChI is InChI=1S/C20H22ClN3O2/c1-14(25)22-17-7-5-6-15(12-17)20(26)23-18-13-16(21)8-9-19(18)24-10-3-2-4-11-24/h5-9,12-13H,2-4,10-11H2,1H3,(H,22,25)(H,23,26). The van der Waals surface area contributed by atoms with Crippen LogP contribution in [-0.4, -0.2) is 24.9 Å². The van der Waals surface area contributed by atoms with Crippen LogP contribution in [0.2, 0.25) is 5.02 Å². The number of nitrogens with one attached hydrogen (secondary N) is 2. The largest absolute Gasteiger partial charge is 0.370 e. The van der Waals surface area contributed by atoms with Gasteiger partial charge in [0.15, 0.2) is 0 Å². The Bertz CT molecular complexity index is 816. The van der Waals surface area contributed by atoms with Crippen LogP contribution in [0.3, 0.4) is 0 Å². The van der Waals surface area contributed by atoms with Crippen LogP contribution < -0.4 is 15.5 Å².